The van der Waals surface area contributed by atoms with Crippen molar-refractivity contribution in [3.63, 3.8) is 0 Å². The van der Waals surface area contributed by atoms with Crippen molar-refractivity contribution in [1.29, 1.82) is 5.26 Å². The quantitative estimate of drug-likeness (QED) is 0.356. The van der Waals surface area contributed by atoms with Crippen LogP contribution in [0.25, 0.3) is 0 Å². The van der Waals surface area contributed by atoms with Gasteiger partial charge in [0.1, 0.15) is 29.7 Å². The molecule has 2 aliphatic heterocycles. The molecule has 1 spiro atoms. The summed E-state index contributed by atoms with van der Waals surface area (Å²) in [5.74, 6) is 3.74. The number of ether oxygens (including phenoxy) is 2. The number of rotatable bonds is 8. The summed E-state index contributed by atoms with van der Waals surface area (Å²) in [4.78, 5) is 30.4. The molecular formula is C31H34BFN6O3. The smallest absolute Gasteiger partial charge is 0.278 e. The van der Waals surface area contributed by atoms with Gasteiger partial charge in [-0.2, -0.15) is 0 Å². The van der Waals surface area contributed by atoms with Crippen LogP contribution >= 0.6 is 0 Å². The van der Waals surface area contributed by atoms with E-state index in [0.29, 0.717) is 24.2 Å². The van der Waals surface area contributed by atoms with Crippen LogP contribution in [0.1, 0.15) is 62.2 Å². The van der Waals surface area contributed by atoms with Gasteiger partial charge in [0.25, 0.3) is 12.6 Å². The molecule has 3 aliphatic rings. The fraction of sp³-hybridized carbons (Fsp3) is 0.452. The Kier molecular flexibility index (Phi) is 7.25. The number of carbonyl (C=O) groups excluding carboxylic acids is 1. The van der Waals surface area contributed by atoms with Gasteiger partial charge in [-0.15, -0.1) is 0 Å². The van der Waals surface area contributed by atoms with E-state index in [2.05, 4.69) is 25.8 Å². The van der Waals surface area contributed by atoms with Crippen LogP contribution in [-0.4, -0.2) is 63.7 Å². The SMILES string of the molecule is CC(C)N(C(=O)c1cc(F)ccc1Oc1cncnc1N1CC2(CC(Oc3ccnc4c3CB(C#N)C4)C2)C1)C(C)C. The summed E-state index contributed by atoms with van der Waals surface area (Å²) in [7, 11) is 0. The zero-order valence-electron chi connectivity index (χ0n) is 24.4. The van der Waals surface area contributed by atoms with Crippen molar-refractivity contribution in [2.45, 2.75) is 71.4 Å². The van der Waals surface area contributed by atoms with Crippen LogP contribution in [0.4, 0.5) is 10.2 Å². The third-order valence-electron chi connectivity index (χ3n) is 8.54. The first-order chi connectivity index (χ1) is 20.2. The number of nitrogens with zero attached hydrogens (tertiary/aromatic N) is 6. The lowest BCUT2D eigenvalue weighted by molar-refractivity contribution is -0.0348. The first kappa shape index (κ1) is 27.9. The zero-order valence-corrected chi connectivity index (χ0v) is 24.4. The Bertz CT molecular complexity index is 1540. The first-order valence-electron chi connectivity index (χ1n) is 14.5. The largest absolute Gasteiger partial charge is 0.490 e. The molecule has 1 saturated carbocycles. The number of halogens is 1. The fourth-order valence-electron chi connectivity index (χ4n) is 6.71. The summed E-state index contributed by atoms with van der Waals surface area (Å²) in [6.07, 6.45) is 8.21. The molecule has 1 aromatic carbocycles. The number of hydrogen-bond donors (Lipinski definition) is 0. The predicted octanol–water partition coefficient (Wildman–Crippen LogP) is 4.84. The molecule has 4 heterocycles. The number of hydrogen-bond acceptors (Lipinski definition) is 8. The summed E-state index contributed by atoms with van der Waals surface area (Å²) in [5.41, 5.74) is 2.36. The Morgan fingerprint density at radius 2 is 1.88 bits per heavy atom. The minimum Gasteiger partial charge on any atom is -0.490 e. The van der Waals surface area contributed by atoms with Crippen LogP contribution in [0.5, 0.6) is 17.2 Å². The molecule has 2 fully saturated rings. The standard InChI is InChI=1S/C31H34BFN6O3/c1-19(2)39(20(3)4)30(40)23-9-21(33)5-6-26(23)42-28-14-35-18-37-29(28)38-15-31(16-38)10-22(11-31)41-27-7-8-36-25-13-32(17-34)12-24(25)27/h5-9,14,18-20,22H,10-13,15-16H2,1-4H3. The second-order valence-electron chi connectivity index (χ2n) is 12.3. The van der Waals surface area contributed by atoms with E-state index < -0.39 is 5.82 Å². The molecule has 0 unspecified atom stereocenters. The molecular weight excluding hydrogens is 534 g/mol. The molecule has 216 valence electrons. The molecule has 1 aliphatic carbocycles. The van der Waals surface area contributed by atoms with Crippen molar-refractivity contribution in [3.8, 4) is 23.2 Å². The van der Waals surface area contributed by atoms with E-state index in [9.17, 15) is 14.4 Å². The normalized spacial score (nSPS) is 17.1. The van der Waals surface area contributed by atoms with E-state index in [4.69, 9.17) is 9.47 Å². The third-order valence-corrected chi connectivity index (χ3v) is 8.54. The van der Waals surface area contributed by atoms with Crippen molar-refractivity contribution < 1.29 is 18.7 Å². The molecule has 1 saturated heterocycles. The highest BCUT2D eigenvalue weighted by atomic mass is 19.1. The lowest BCUT2D eigenvalue weighted by Crippen LogP contribution is -2.65. The maximum Gasteiger partial charge on any atom is 0.278 e. The minimum absolute atomic E-state index is 0.0251. The van der Waals surface area contributed by atoms with Crippen LogP contribution < -0.4 is 14.4 Å². The third kappa shape index (κ3) is 5.15. The number of nitriles is 1. The van der Waals surface area contributed by atoms with Crippen molar-refractivity contribution in [1.82, 2.24) is 19.9 Å². The Morgan fingerprint density at radius 3 is 2.60 bits per heavy atom. The maximum absolute atomic E-state index is 14.3. The van der Waals surface area contributed by atoms with Crippen molar-refractivity contribution in [2.75, 3.05) is 18.0 Å². The summed E-state index contributed by atoms with van der Waals surface area (Å²) in [6.45, 7) is 9.32. The number of anilines is 1. The van der Waals surface area contributed by atoms with Crippen molar-refractivity contribution in [3.05, 3.63) is 65.6 Å². The van der Waals surface area contributed by atoms with Crippen LogP contribution in [0, 0.1) is 22.5 Å². The molecule has 0 radical (unpaired) electrons. The average molecular weight is 568 g/mol. The lowest BCUT2D eigenvalue weighted by atomic mass is 9.49. The number of amides is 1. The van der Waals surface area contributed by atoms with Gasteiger partial charge >= 0.3 is 0 Å². The highest BCUT2D eigenvalue weighted by Crippen LogP contribution is 2.52. The van der Waals surface area contributed by atoms with Gasteiger partial charge in [0.15, 0.2) is 11.6 Å². The van der Waals surface area contributed by atoms with Crippen molar-refractivity contribution in [2.24, 2.45) is 5.41 Å². The van der Waals surface area contributed by atoms with Gasteiger partial charge in [-0.25, -0.2) is 19.6 Å². The fourth-order valence-corrected chi connectivity index (χ4v) is 6.71. The molecule has 3 aromatic rings. The van der Waals surface area contributed by atoms with Gasteiger partial charge in [-0.3, -0.25) is 9.78 Å². The van der Waals surface area contributed by atoms with Crippen LogP contribution in [0.3, 0.4) is 0 Å². The number of benzene rings is 1. The van der Waals surface area contributed by atoms with E-state index in [1.165, 1.54) is 24.5 Å². The summed E-state index contributed by atoms with van der Waals surface area (Å²) >= 11 is 0. The molecule has 0 atom stereocenters. The molecule has 2 aromatic heterocycles. The monoisotopic (exact) mass is 568 g/mol. The Balaban J connectivity index is 1.13. The van der Waals surface area contributed by atoms with Gasteiger partial charge in [-0.05, 0) is 77.4 Å². The van der Waals surface area contributed by atoms with Gasteiger partial charge < -0.3 is 19.3 Å². The van der Waals surface area contributed by atoms with Gasteiger partial charge in [0.2, 0.25) is 0 Å². The second kappa shape index (κ2) is 10.9. The molecule has 0 bridgehead atoms. The summed E-state index contributed by atoms with van der Waals surface area (Å²) < 4.78 is 26.9. The highest BCUT2D eigenvalue weighted by Gasteiger charge is 2.54. The van der Waals surface area contributed by atoms with Crippen LogP contribution in [0.2, 0.25) is 0 Å². The van der Waals surface area contributed by atoms with Crippen LogP contribution in [0.15, 0.2) is 43.0 Å². The second-order valence-corrected chi connectivity index (χ2v) is 12.3. The number of carbonyl (C=O) groups is 1. The molecule has 9 nitrogen and oxygen atoms in total. The summed E-state index contributed by atoms with van der Waals surface area (Å²) in [6, 6.07) is 5.79. The number of pyridine rings is 1. The highest BCUT2D eigenvalue weighted by molar-refractivity contribution is 6.67. The van der Waals surface area contributed by atoms with E-state index in [1.807, 2.05) is 33.8 Å². The van der Waals surface area contributed by atoms with E-state index >= 15 is 0 Å². The van der Waals surface area contributed by atoms with E-state index in [0.717, 1.165) is 42.9 Å². The topological polar surface area (TPSA) is 104 Å². The number of fused-ring (bicyclic) bond motifs is 1. The van der Waals surface area contributed by atoms with E-state index in [-0.39, 0.29) is 47.5 Å². The first-order valence-corrected chi connectivity index (χ1v) is 14.5. The molecule has 11 heteroatoms. The average Bonchev–Trinajstić information content (AvgIpc) is 3.35. The predicted molar refractivity (Wildman–Crippen MR) is 156 cm³/mol. The van der Waals surface area contributed by atoms with Gasteiger partial charge in [-0.1, -0.05) is 0 Å². The van der Waals surface area contributed by atoms with Gasteiger partial charge in [0.05, 0.1) is 11.8 Å². The van der Waals surface area contributed by atoms with Crippen molar-refractivity contribution >= 4 is 18.4 Å². The Labute approximate surface area is 245 Å². The Morgan fingerprint density at radius 1 is 1.12 bits per heavy atom. The maximum atomic E-state index is 14.3. The zero-order chi connectivity index (χ0) is 29.6. The van der Waals surface area contributed by atoms with Gasteiger partial charge in [0, 0.05) is 54.0 Å². The minimum atomic E-state index is -0.504. The molecule has 0 N–H and O–H groups in total. The molecule has 42 heavy (non-hydrogen) atoms. The molecule has 1 amide bonds. The van der Waals surface area contributed by atoms with Crippen LogP contribution in [-0.2, 0) is 12.6 Å². The molecule has 6 rings (SSSR count). The van der Waals surface area contributed by atoms with E-state index in [1.54, 1.807) is 17.3 Å². The summed E-state index contributed by atoms with van der Waals surface area (Å²) in [5, 5.41) is 9.33. The number of aromatic nitrogens is 3. The lowest BCUT2D eigenvalue weighted by Gasteiger charge is -2.58. The Hall–Kier alpha value is -4.20.